The summed E-state index contributed by atoms with van der Waals surface area (Å²) in [7, 11) is 1.19. The lowest BCUT2D eigenvalue weighted by Gasteiger charge is -2.18. The highest BCUT2D eigenvalue weighted by Crippen LogP contribution is 2.29. The molecule has 1 amide bonds. The molecular formula is C22H18F3NO3. The normalized spacial score (nSPS) is 12.4. The number of hydrogen-bond donors (Lipinski definition) is 1. The van der Waals surface area contributed by atoms with Gasteiger partial charge in [-0.25, -0.2) is 4.79 Å². The Labute approximate surface area is 165 Å². The van der Waals surface area contributed by atoms with Crippen LogP contribution >= 0.6 is 0 Å². The Bertz CT molecular complexity index is 1040. The van der Waals surface area contributed by atoms with Crippen molar-refractivity contribution in [2.45, 2.75) is 18.6 Å². The predicted octanol–water partition coefficient (Wildman–Crippen LogP) is 4.37. The minimum atomic E-state index is -4.57. The van der Waals surface area contributed by atoms with Crippen LogP contribution in [0.15, 0.2) is 66.7 Å². The summed E-state index contributed by atoms with van der Waals surface area (Å²) in [6, 6.07) is 16.1. The van der Waals surface area contributed by atoms with Crippen molar-refractivity contribution in [2.24, 2.45) is 0 Å². The van der Waals surface area contributed by atoms with Crippen molar-refractivity contribution in [3.8, 4) is 0 Å². The second kappa shape index (κ2) is 8.34. The van der Waals surface area contributed by atoms with Gasteiger partial charge in [0.05, 0.1) is 12.7 Å². The zero-order chi connectivity index (χ0) is 21.0. The van der Waals surface area contributed by atoms with Crippen molar-refractivity contribution in [1.82, 2.24) is 5.32 Å². The monoisotopic (exact) mass is 401 g/mol. The molecule has 0 radical (unpaired) electrons. The molecule has 0 spiro atoms. The van der Waals surface area contributed by atoms with Crippen LogP contribution in [-0.4, -0.2) is 25.0 Å². The number of esters is 1. The van der Waals surface area contributed by atoms with Crippen LogP contribution in [0.2, 0.25) is 0 Å². The number of alkyl halides is 3. The molecule has 0 heterocycles. The van der Waals surface area contributed by atoms with E-state index in [2.05, 4.69) is 5.32 Å². The third kappa shape index (κ3) is 4.74. The second-order valence-corrected chi connectivity index (χ2v) is 6.47. The zero-order valence-electron chi connectivity index (χ0n) is 15.5. The fourth-order valence-corrected chi connectivity index (χ4v) is 3.10. The molecule has 1 N–H and O–H groups in total. The number of nitrogens with one attached hydrogen (secondary N) is 1. The van der Waals surface area contributed by atoms with Crippen LogP contribution in [0.4, 0.5) is 13.2 Å². The molecule has 0 saturated heterocycles. The number of hydrogen-bond acceptors (Lipinski definition) is 3. The first-order valence-corrected chi connectivity index (χ1v) is 8.82. The summed E-state index contributed by atoms with van der Waals surface area (Å²) < 4.78 is 43.5. The lowest BCUT2D eigenvalue weighted by atomic mass is 9.98. The maximum absolute atomic E-state index is 12.9. The van der Waals surface area contributed by atoms with Crippen molar-refractivity contribution in [3.63, 3.8) is 0 Å². The lowest BCUT2D eigenvalue weighted by Crippen LogP contribution is -2.43. The molecule has 0 saturated carbocycles. The van der Waals surface area contributed by atoms with E-state index in [1.807, 2.05) is 42.5 Å². The highest BCUT2D eigenvalue weighted by Gasteiger charge is 2.31. The third-order valence-corrected chi connectivity index (χ3v) is 4.55. The molecule has 0 aliphatic heterocycles. The standard InChI is InChI=1S/C22H18F3NO3/c1-29-21(28)19(13-15-8-4-7-14-6-2-3-11-18(14)15)26-20(27)16-9-5-10-17(12-16)22(23,24)25/h2-12,19H,13H2,1H3,(H,26,27)/t19-/m0/s1. The molecule has 3 aromatic rings. The molecule has 29 heavy (non-hydrogen) atoms. The number of rotatable bonds is 5. The van der Waals surface area contributed by atoms with Crippen molar-refractivity contribution in [1.29, 1.82) is 0 Å². The van der Waals surface area contributed by atoms with Gasteiger partial charge in [0.25, 0.3) is 5.91 Å². The van der Waals surface area contributed by atoms with E-state index in [1.165, 1.54) is 13.2 Å². The summed E-state index contributed by atoms with van der Waals surface area (Å²) in [5, 5.41) is 4.38. The SMILES string of the molecule is COC(=O)[C@H](Cc1cccc2ccccc12)NC(=O)c1cccc(C(F)(F)F)c1. The molecule has 3 aromatic carbocycles. The molecule has 0 unspecified atom stereocenters. The number of amides is 1. The van der Waals surface area contributed by atoms with Crippen LogP contribution < -0.4 is 5.32 Å². The summed E-state index contributed by atoms with van der Waals surface area (Å²) in [5.74, 6) is -1.47. The van der Waals surface area contributed by atoms with Gasteiger partial charge < -0.3 is 10.1 Å². The first-order valence-electron chi connectivity index (χ1n) is 8.82. The van der Waals surface area contributed by atoms with E-state index < -0.39 is 29.7 Å². The molecular weight excluding hydrogens is 383 g/mol. The number of halogens is 3. The first kappa shape index (κ1) is 20.4. The number of methoxy groups -OCH3 is 1. The molecule has 0 fully saturated rings. The minimum absolute atomic E-state index is 0.138. The van der Waals surface area contributed by atoms with Crippen LogP contribution in [0.3, 0.4) is 0 Å². The highest BCUT2D eigenvalue weighted by atomic mass is 19.4. The number of ether oxygens (including phenoxy) is 1. The maximum atomic E-state index is 12.9. The Morgan fingerprint density at radius 1 is 1.00 bits per heavy atom. The van der Waals surface area contributed by atoms with E-state index >= 15 is 0 Å². The van der Waals surface area contributed by atoms with Gasteiger partial charge >= 0.3 is 12.1 Å². The van der Waals surface area contributed by atoms with Gasteiger partial charge in [-0.2, -0.15) is 13.2 Å². The Kier molecular flexibility index (Phi) is 5.87. The van der Waals surface area contributed by atoms with Gasteiger partial charge in [-0.1, -0.05) is 48.5 Å². The van der Waals surface area contributed by atoms with Gasteiger partial charge in [-0.15, -0.1) is 0 Å². The number of fused-ring (bicyclic) bond motifs is 1. The summed E-state index contributed by atoms with van der Waals surface area (Å²) in [6.45, 7) is 0. The zero-order valence-corrected chi connectivity index (χ0v) is 15.5. The van der Waals surface area contributed by atoms with Crippen molar-refractivity contribution in [3.05, 3.63) is 83.4 Å². The Morgan fingerprint density at radius 3 is 2.41 bits per heavy atom. The maximum Gasteiger partial charge on any atom is 0.416 e. The van der Waals surface area contributed by atoms with Crippen LogP contribution in [0.5, 0.6) is 0 Å². The number of carbonyl (C=O) groups is 2. The van der Waals surface area contributed by atoms with Crippen molar-refractivity contribution < 1.29 is 27.5 Å². The van der Waals surface area contributed by atoms with E-state index in [0.717, 1.165) is 34.5 Å². The van der Waals surface area contributed by atoms with Gasteiger partial charge in [0.2, 0.25) is 0 Å². The molecule has 1 atom stereocenters. The molecule has 0 bridgehead atoms. The van der Waals surface area contributed by atoms with E-state index in [9.17, 15) is 22.8 Å². The van der Waals surface area contributed by atoms with Crippen molar-refractivity contribution in [2.75, 3.05) is 7.11 Å². The van der Waals surface area contributed by atoms with Crippen LogP contribution in [0, 0.1) is 0 Å². The Hall–Kier alpha value is -3.35. The fourth-order valence-electron chi connectivity index (χ4n) is 3.10. The highest BCUT2D eigenvalue weighted by molar-refractivity contribution is 5.97. The summed E-state index contributed by atoms with van der Waals surface area (Å²) in [5.41, 5.74) is -0.316. The van der Waals surface area contributed by atoms with E-state index in [-0.39, 0.29) is 12.0 Å². The lowest BCUT2D eigenvalue weighted by molar-refractivity contribution is -0.143. The molecule has 0 aromatic heterocycles. The van der Waals surface area contributed by atoms with Gasteiger partial charge in [-0.3, -0.25) is 4.79 Å². The van der Waals surface area contributed by atoms with Crippen molar-refractivity contribution >= 4 is 22.6 Å². The molecule has 7 heteroatoms. The molecule has 4 nitrogen and oxygen atoms in total. The van der Waals surface area contributed by atoms with Gasteiger partial charge in [0, 0.05) is 12.0 Å². The number of carbonyl (C=O) groups excluding carboxylic acids is 2. The molecule has 0 aliphatic rings. The van der Waals surface area contributed by atoms with Crippen LogP contribution in [0.1, 0.15) is 21.5 Å². The predicted molar refractivity (Wildman–Crippen MR) is 102 cm³/mol. The second-order valence-electron chi connectivity index (χ2n) is 6.47. The Balaban J connectivity index is 1.86. The van der Waals surface area contributed by atoms with Crippen LogP contribution in [-0.2, 0) is 22.1 Å². The molecule has 0 aliphatic carbocycles. The summed E-state index contributed by atoms with van der Waals surface area (Å²) in [6.07, 6.45) is -4.43. The van der Waals surface area contributed by atoms with E-state index in [0.29, 0.717) is 0 Å². The van der Waals surface area contributed by atoms with Gasteiger partial charge in [0.1, 0.15) is 6.04 Å². The summed E-state index contributed by atoms with van der Waals surface area (Å²) in [4.78, 5) is 24.8. The third-order valence-electron chi connectivity index (χ3n) is 4.55. The minimum Gasteiger partial charge on any atom is -0.467 e. The summed E-state index contributed by atoms with van der Waals surface area (Å²) >= 11 is 0. The topological polar surface area (TPSA) is 55.4 Å². The van der Waals surface area contributed by atoms with Gasteiger partial charge in [0.15, 0.2) is 0 Å². The fraction of sp³-hybridized carbons (Fsp3) is 0.182. The average Bonchev–Trinajstić information content (AvgIpc) is 2.72. The number of benzene rings is 3. The Morgan fingerprint density at radius 2 is 1.69 bits per heavy atom. The molecule has 150 valence electrons. The van der Waals surface area contributed by atoms with E-state index in [1.54, 1.807) is 0 Å². The van der Waals surface area contributed by atoms with Crippen LogP contribution in [0.25, 0.3) is 10.8 Å². The quantitative estimate of drug-likeness (QED) is 0.646. The largest absolute Gasteiger partial charge is 0.467 e. The van der Waals surface area contributed by atoms with E-state index in [4.69, 9.17) is 4.74 Å². The molecule has 3 rings (SSSR count). The first-order chi connectivity index (χ1) is 13.8. The van der Waals surface area contributed by atoms with Gasteiger partial charge in [-0.05, 0) is 34.5 Å². The smallest absolute Gasteiger partial charge is 0.416 e. The average molecular weight is 401 g/mol.